The van der Waals surface area contributed by atoms with Gasteiger partial charge in [0.15, 0.2) is 0 Å². The van der Waals surface area contributed by atoms with Crippen LogP contribution in [0.3, 0.4) is 0 Å². The molecular formula is C30H41ClN6O4. The van der Waals surface area contributed by atoms with Crippen molar-refractivity contribution in [3.05, 3.63) is 59.1 Å². The largest absolute Gasteiger partial charge is 0.378 e. The van der Waals surface area contributed by atoms with Crippen LogP contribution in [0.15, 0.2) is 53.5 Å². The maximum Gasteiger partial charge on any atom is 0.227 e. The Kier molecular flexibility index (Phi) is 8.67. The number of Topliss-reactive ketones (excluding diaryl/α,β-unsaturated/α-hetero) is 1. The van der Waals surface area contributed by atoms with Crippen LogP contribution in [-0.4, -0.2) is 134 Å². The van der Waals surface area contributed by atoms with E-state index in [1.54, 1.807) is 0 Å². The van der Waals surface area contributed by atoms with Gasteiger partial charge in [0, 0.05) is 83.6 Å². The zero-order valence-corrected chi connectivity index (χ0v) is 24.3. The zero-order valence-electron chi connectivity index (χ0n) is 23.5. The van der Waals surface area contributed by atoms with Gasteiger partial charge in [-0.2, -0.15) is 0 Å². The highest BCUT2D eigenvalue weighted by Gasteiger charge is 2.46. The van der Waals surface area contributed by atoms with Crippen LogP contribution < -0.4 is 10.6 Å². The van der Waals surface area contributed by atoms with Gasteiger partial charge in [0.05, 0.1) is 37.7 Å². The Morgan fingerprint density at radius 2 is 1.63 bits per heavy atom. The topological polar surface area (TPSA) is 88.9 Å². The molecule has 1 aromatic rings. The molecule has 4 atom stereocenters. The van der Waals surface area contributed by atoms with Gasteiger partial charge in [-0.1, -0.05) is 30.3 Å². The number of morpholine rings is 1. The SMILES string of the molecule is Cl.O=C1C=C(N2CC2)C(=O)C(N2CC2)=C1N1CC1.c1ccc(COC2CC3COCC2N3C[C@H]2CNCCN2)cc1. The molecule has 3 unspecified atom stereocenters. The van der Waals surface area contributed by atoms with Crippen LogP contribution in [0.2, 0.25) is 0 Å². The molecule has 6 heterocycles. The number of halogens is 1. The second-order valence-electron chi connectivity index (χ2n) is 11.8. The van der Waals surface area contributed by atoms with Gasteiger partial charge in [-0.25, -0.2) is 0 Å². The fourth-order valence-corrected chi connectivity index (χ4v) is 6.35. The van der Waals surface area contributed by atoms with Gasteiger partial charge in [0.25, 0.3) is 0 Å². The number of hydrogen-bond acceptors (Lipinski definition) is 10. The molecule has 0 aromatic heterocycles. The van der Waals surface area contributed by atoms with Gasteiger partial charge in [-0.05, 0) is 12.0 Å². The Bertz CT molecular complexity index is 1180. The second kappa shape index (κ2) is 12.4. The van der Waals surface area contributed by atoms with Gasteiger partial charge in [0.1, 0.15) is 11.4 Å². The summed E-state index contributed by atoms with van der Waals surface area (Å²) in [5, 5.41) is 7.10. The van der Waals surface area contributed by atoms with Gasteiger partial charge in [-0.15, -0.1) is 12.4 Å². The molecule has 7 aliphatic rings. The molecular weight excluding hydrogens is 544 g/mol. The summed E-state index contributed by atoms with van der Waals surface area (Å²) in [6.45, 7) is 12.1. The van der Waals surface area contributed by atoms with Crippen LogP contribution in [0.4, 0.5) is 0 Å². The van der Waals surface area contributed by atoms with Gasteiger partial charge < -0.3 is 34.8 Å². The number of rotatable bonds is 8. The Morgan fingerprint density at radius 1 is 0.902 bits per heavy atom. The lowest BCUT2D eigenvalue weighted by Gasteiger charge is -2.38. The first-order valence-electron chi connectivity index (χ1n) is 14.9. The molecule has 2 bridgehead atoms. The van der Waals surface area contributed by atoms with Crippen molar-refractivity contribution in [1.82, 2.24) is 30.2 Å². The van der Waals surface area contributed by atoms with Crippen molar-refractivity contribution < 1.29 is 19.1 Å². The molecule has 41 heavy (non-hydrogen) atoms. The molecule has 6 saturated heterocycles. The van der Waals surface area contributed by atoms with Gasteiger partial charge in [-0.3, -0.25) is 14.5 Å². The van der Waals surface area contributed by atoms with E-state index in [-0.39, 0.29) is 24.0 Å². The summed E-state index contributed by atoms with van der Waals surface area (Å²) < 4.78 is 12.1. The number of carbonyl (C=O) groups excluding carboxylic acids is 2. The standard InChI is InChI=1S/C18H27N3O2.C12H13N3O2.ClH/c1-2-4-14(5-3-1)11-23-18-8-16-12-22-13-17(18)21(16)10-15-9-19-6-7-20-15;16-9-7-8(13-1-2-13)12(17)11(15-5-6-15)10(9)14-3-4-14;/h1-5,15-20H,6-13H2;7H,1-6H2;1H/t15-,16?,17?,18?;;/m1../s1. The summed E-state index contributed by atoms with van der Waals surface area (Å²) in [5.41, 5.74) is 3.14. The highest BCUT2D eigenvalue weighted by molar-refractivity contribution is 6.22. The van der Waals surface area contributed by atoms with Crippen molar-refractivity contribution in [2.45, 2.75) is 37.3 Å². The number of nitrogens with one attached hydrogen (secondary N) is 2. The summed E-state index contributed by atoms with van der Waals surface area (Å²) in [7, 11) is 0. The monoisotopic (exact) mass is 584 g/mol. The van der Waals surface area contributed by atoms with Crippen LogP contribution in [0, 0.1) is 0 Å². The summed E-state index contributed by atoms with van der Waals surface area (Å²) in [6.07, 6.45) is 2.91. The molecule has 0 saturated carbocycles. The van der Waals surface area contributed by atoms with Crippen molar-refractivity contribution >= 4 is 24.0 Å². The summed E-state index contributed by atoms with van der Waals surface area (Å²) in [4.78, 5) is 33.1. The number of ether oxygens (including phenoxy) is 2. The number of carbonyl (C=O) groups is 2. The number of fused-ring (bicyclic) bond motifs is 2. The van der Waals surface area contributed by atoms with E-state index in [2.05, 4.69) is 39.8 Å². The minimum absolute atomic E-state index is 0. The predicted molar refractivity (Wildman–Crippen MR) is 156 cm³/mol. The molecule has 6 aliphatic heterocycles. The van der Waals surface area contributed by atoms with E-state index in [0.717, 1.165) is 85.1 Å². The van der Waals surface area contributed by atoms with Crippen molar-refractivity contribution in [2.24, 2.45) is 0 Å². The number of piperazine rings is 1. The highest BCUT2D eigenvalue weighted by atomic mass is 35.5. The molecule has 2 N–H and O–H groups in total. The van der Waals surface area contributed by atoms with Crippen molar-refractivity contribution in [2.75, 3.05) is 78.7 Å². The van der Waals surface area contributed by atoms with E-state index in [4.69, 9.17) is 9.47 Å². The third-order valence-corrected chi connectivity index (χ3v) is 8.78. The van der Waals surface area contributed by atoms with E-state index < -0.39 is 0 Å². The lowest BCUT2D eigenvalue weighted by atomic mass is 10.0. The first-order chi connectivity index (χ1) is 19.7. The Labute approximate surface area is 248 Å². The lowest BCUT2D eigenvalue weighted by molar-refractivity contribution is -0.117. The van der Waals surface area contributed by atoms with Crippen LogP contribution in [-0.2, 0) is 25.7 Å². The molecule has 8 rings (SSSR count). The second-order valence-corrected chi connectivity index (χ2v) is 11.8. The van der Waals surface area contributed by atoms with Gasteiger partial charge in [0.2, 0.25) is 11.6 Å². The summed E-state index contributed by atoms with van der Waals surface area (Å²) in [6, 6.07) is 11.9. The molecule has 0 spiro atoms. The normalized spacial score (nSPS) is 30.4. The van der Waals surface area contributed by atoms with Crippen molar-refractivity contribution in [1.29, 1.82) is 0 Å². The Balaban J connectivity index is 0.000000150. The lowest BCUT2D eigenvalue weighted by Crippen LogP contribution is -2.58. The number of benzene rings is 1. The van der Waals surface area contributed by atoms with E-state index in [1.165, 1.54) is 11.6 Å². The molecule has 222 valence electrons. The molecule has 10 nitrogen and oxygen atoms in total. The van der Waals surface area contributed by atoms with E-state index in [0.29, 0.717) is 47.9 Å². The highest BCUT2D eigenvalue weighted by Crippen LogP contribution is 2.34. The summed E-state index contributed by atoms with van der Waals surface area (Å²) >= 11 is 0. The number of hydrogen-bond donors (Lipinski definition) is 2. The fraction of sp³-hybridized carbons (Fsp3) is 0.600. The quantitative estimate of drug-likeness (QED) is 0.327. The van der Waals surface area contributed by atoms with Crippen LogP contribution >= 0.6 is 12.4 Å². The Morgan fingerprint density at radius 3 is 2.32 bits per heavy atom. The van der Waals surface area contributed by atoms with E-state index >= 15 is 0 Å². The zero-order chi connectivity index (χ0) is 27.1. The number of allylic oxidation sites excluding steroid dienone is 1. The maximum absolute atomic E-state index is 12.4. The minimum atomic E-state index is 0. The van der Waals surface area contributed by atoms with Crippen LogP contribution in [0.1, 0.15) is 12.0 Å². The number of nitrogens with zero attached hydrogens (tertiary/aromatic N) is 4. The predicted octanol–water partition coefficient (Wildman–Crippen LogP) is 0.209. The third kappa shape index (κ3) is 6.48. The third-order valence-electron chi connectivity index (χ3n) is 8.78. The van der Waals surface area contributed by atoms with Crippen molar-refractivity contribution in [3.8, 4) is 0 Å². The number of ketones is 2. The average molecular weight is 585 g/mol. The minimum Gasteiger partial charge on any atom is -0.378 e. The molecule has 11 heteroatoms. The van der Waals surface area contributed by atoms with Crippen LogP contribution in [0.25, 0.3) is 0 Å². The molecule has 1 aliphatic carbocycles. The smallest absolute Gasteiger partial charge is 0.227 e. The molecule has 0 amide bonds. The molecule has 6 fully saturated rings. The van der Waals surface area contributed by atoms with E-state index in [9.17, 15) is 9.59 Å². The molecule has 0 radical (unpaired) electrons. The van der Waals surface area contributed by atoms with Crippen LogP contribution in [0.5, 0.6) is 0 Å². The first-order valence-corrected chi connectivity index (χ1v) is 14.9. The maximum atomic E-state index is 12.4. The summed E-state index contributed by atoms with van der Waals surface area (Å²) in [5.74, 6) is 0.0485. The average Bonchev–Trinajstić information content (AvgIpc) is 3.83. The van der Waals surface area contributed by atoms with Gasteiger partial charge >= 0.3 is 0 Å². The van der Waals surface area contributed by atoms with Crippen molar-refractivity contribution in [3.63, 3.8) is 0 Å². The molecule has 1 aromatic carbocycles. The first kappa shape index (κ1) is 28.6. The fourth-order valence-electron chi connectivity index (χ4n) is 6.35. The van der Waals surface area contributed by atoms with E-state index in [1.807, 2.05) is 20.8 Å². The Hall–Kier alpha value is -2.47.